The van der Waals surface area contributed by atoms with Gasteiger partial charge in [-0.3, -0.25) is 0 Å². The van der Waals surface area contributed by atoms with Gasteiger partial charge in [-0.1, -0.05) is 18.2 Å². The third kappa shape index (κ3) is 3.79. The lowest BCUT2D eigenvalue weighted by Crippen LogP contribution is -2.09. The summed E-state index contributed by atoms with van der Waals surface area (Å²) in [7, 11) is -2.40. The Balaban J connectivity index is 1.74. The standard InChI is InChI=1S/C21H16F4N4O2S/c1-29-9-16(17-19(26)27-11-28-20(17)29)15-4-2-3-12(18(15)22)10-32(30,31)14-7-5-13(6-8-14)21(23,24)25/h2-9,11H,10H2,1H3,(H2,26,27,28). The van der Waals surface area contributed by atoms with Crippen molar-refractivity contribution in [3.63, 3.8) is 0 Å². The van der Waals surface area contributed by atoms with Gasteiger partial charge in [0.2, 0.25) is 0 Å². The maximum absolute atomic E-state index is 15.4. The second-order valence-corrected chi connectivity index (χ2v) is 9.16. The molecule has 0 spiro atoms. The van der Waals surface area contributed by atoms with E-state index in [1.165, 1.54) is 24.5 Å². The fraction of sp³-hybridized carbons (Fsp3) is 0.143. The van der Waals surface area contributed by atoms with Crippen molar-refractivity contribution in [2.45, 2.75) is 16.8 Å². The van der Waals surface area contributed by atoms with Crippen molar-refractivity contribution in [1.82, 2.24) is 14.5 Å². The second kappa shape index (κ2) is 7.59. The third-order valence-electron chi connectivity index (χ3n) is 5.04. The highest BCUT2D eigenvalue weighted by molar-refractivity contribution is 7.90. The average Bonchev–Trinajstić information content (AvgIpc) is 3.07. The molecule has 32 heavy (non-hydrogen) atoms. The van der Waals surface area contributed by atoms with Crippen molar-refractivity contribution in [1.29, 1.82) is 0 Å². The SMILES string of the molecule is Cn1cc(-c2cccc(CS(=O)(=O)c3ccc(C(F)(F)F)cc3)c2F)c2c(N)ncnc21. The van der Waals surface area contributed by atoms with Crippen molar-refractivity contribution in [2.75, 3.05) is 5.73 Å². The van der Waals surface area contributed by atoms with Crippen LogP contribution >= 0.6 is 0 Å². The van der Waals surface area contributed by atoms with Gasteiger partial charge in [-0.15, -0.1) is 0 Å². The Hall–Kier alpha value is -3.47. The summed E-state index contributed by atoms with van der Waals surface area (Å²) in [6.07, 6.45) is -1.69. The molecule has 0 amide bonds. The number of anilines is 1. The van der Waals surface area contributed by atoms with Crippen molar-refractivity contribution in [2.24, 2.45) is 7.05 Å². The molecule has 6 nitrogen and oxygen atoms in total. The van der Waals surface area contributed by atoms with Gasteiger partial charge in [-0.25, -0.2) is 22.8 Å². The van der Waals surface area contributed by atoms with Crippen molar-refractivity contribution in [3.8, 4) is 11.1 Å². The Bertz CT molecular complexity index is 1430. The average molecular weight is 464 g/mol. The van der Waals surface area contributed by atoms with Crippen LogP contribution in [-0.4, -0.2) is 23.0 Å². The number of hydrogen-bond acceptors (Lipinski definition) is 5. The van der Waals surface area contributed by atoms with E-state index in [2.05, 4.69) is 9.97 Å². The first-order chi connectivity index (χ1) is 15.0. The van der Waals surface area contributed by atoms with Crippen LogP contribution in [0.3, 0.4) is 0 Å². The number of nitrogens with two attached hydrogens (primary N) is 1. The van der Waals surface area contributed by atoms with E-state index in [-0.39, 0.29) is 21.8 Å². The predicted molar refractivity (Wildman–Crippen MR) is 111 cm³/mol. The van der Waals surface area contributed by atoms with Crippen LogP contribution in [-0.2, 0) is 28.8 Å². The number of hydrogen-bond donors (Lipinski definition) is 1. The van der Waals surface area contributed by atoms with Crippen LogP contribution in [0.1, 0.15) is 11.1 Å². The molecule has 2 N–H and O–H groups in total. The minimum absolute atomic E-state index is 0.109. The monoisotopic (exact) mass is 464 g/mol. The zero-order chi connectivity index (χ0) is 23.3. The molecule has 0 aliphatic rings. The number of benzene rings is 2. The zero-order valence-corrected chi connectivity index (χ0v) is 17.4. The summed E-state index contributed by atoms with van der Waals surface area (Å²) >= 11 is 0. The van der Waals surface area contributed by atoms with E-state index in [1.54, 1.807) is 17.8 Å². The van der Waals surface area contributed by atoms with Crippen molar-refractivity contribution >= 4 is 26.7 Å². The third-order valence-corrected chi connectivity index (χ3v) is 6.72. The van der Waals surface area contributed by atoms with Crippen molar-refractivity contribution in [3.05, 3.63) is 71.9 Å². The van der Waals surface area contributed by atoms with Gasteiger partial charge < -0.3 is 10.3 Å². The number of nitrogen functional groups attached to an aromatic ring is 1. The van der Waals surface area contributed by atoms with Crippen molar-refractivity contribution < 1.29 is 26.0 Å². The highest BCUT2D eigenvalue weighted by atomic mass is 32.2. The molecule has 0 bridgehead atoms. The number of sulfone groups is 1. The van der Waals surface area contributed by atoms with Gasteiger partial charge in [0.25, 0.3) is 0 Å². The van der Waals surface area contributed by atoms with E-state index >= 15 is 4.39 Å². The van der Waals surface area contributed by atoms with Gasteiger partial charge in [0.05, 0.1) is 21.6 Å². The Kier molecular flexibility index (Phi) is 5.16. The lowest BCUT2D eigenvalue weighted by molar-refractivity contribution is -0.137. The highest BCUT2D eigenvalue weighted by Gasteiger charge is 2.31. The van der Waals surface area contributed by atoms with E-state index in [1.807, 2.05) is 0 Å². The Morgan fingerprint density at radius 3 is 2.38 bits per heavy atom. The minimum Gasteiger partial charge on any atom is -0.383 e. The fourth-order valence-corrected chi connectivity index (χ4v) is 4.83. The molecule has 166 valence electrons. The molecule has 2 aromatic heterocycles. The number of fused-ring (bicyclic) bond motifs is 1. The van der Waals surface area contributed by atoms with Crippen LogP contribution in [0.5, 0.6) is 0 Å². The van der Waals surface area contributed by atoms with Gasteiger partial charge in [-0.05, 0) is 24.3 Å². The summed E-state index contributed by atoms with van der Waals surface area (Å²) in [6, 6.07) is 7.37. The maximum Gasteiger partial charge on any atom is 0.416 e. The quantitative estimate of drug-likeness (QED) is 0.454. The number of nitrogens with zero attached hydrogens (tertiary/aromatic N) is 3. The molecule has 2 heterocycles. The van der Waals surface area contributed by atoms with E-state index < -0.39 is 33.1 Å². The molecule has 0 fully saturated rings. The molecule has 2 aromatic carbocycles. The van der Waals surface area contributed by atoms with E-state index in [0.29, 0.717) is 28.7 Å². The van der Waals surface area contributed by atoms with Gasteiger partial charge >= 0.3 is 6.18 Å². The van der Waals surface area contributed by atoms with Crippen LogP contribution in [0.25, 0.3) is 22.2 Å². The largest absolute Gasteiger partial charge is 0.416 e. The molecule has 11 heteroatoms. The molecule has 4 aromatic rings. The fourth-order valence-electron chi connectivity index (χ4n) is 3.48. The van der Waals surface area contributed by atoms with Gasteiger partial charge in [0, 0.05) is 29.9 Å². The maximum atomic E-state index is 15.4. The van der Waals surface area contributed by atoms with Crippen LogP contribution in [0.4, 0.5) is 23.4 Å². The van der Waals surface area contributed by atoms with Gasteiger partial charge in [0.15, 0.2) is 9.84 Å². The molecule has 0 aliphatic heterocycles. The molecule has 0 unspecified atom stereocenters. The summed E-state index contributed by atoms with van der Waals surface area (Å²) in [6.45, 7) is 0. The number of halogens is 4. The van der Waals surface area contributed by atoms with Crippen LogP contribution in [0, 0.1) is 5.82 Å². The van der Waals surface area contributed by atoms with E-state index in [4.69, 9.17) is 5.73 Å². The summed E-state index contributed by atoms with van der Waals surface area (Å²) in [4.78, 5) is 7.74. The number of rotatable bonds is 4. The lowest BCUT2D eigenvalue weighted by atomic mass is 10.0. The van der Waals surface area contributed by atoms with Crippen LogP contribution in [0.15, 0.2) is 59.9 Å². The minimum atomic E-state index is -4.59. The summed E-state index contributed by atoms with van der Waals surface area (Å²) in [5, 5.41) is 0.427. The topological polar surface area (TPSA) is 90.9 Å². The molecule has 0 saturated carbocycles. The van der Waals surface area contributed by atoms with Crippen LogP contribution < -0.4 is 5.73 Å². The first-order valence-electron chi connectivity index (χ1n) is 9.22. The molecule has 0 atom stereocenters. The highest BCUT2D eigenvalue weighted by Crippen LogP contribution is 2.35. The Morgan fingerprint density at radius 1 is 1.03 bits per heavy atom. The van der Waals surface area contributed by atoms with Gasteiger partial charge in [0.1, 0.15) is 23.6 Å². The molecule has 0 saturated heterocycles. The van der Waals surface area contributed by atoms with Gasteiger partial charge in [-0.2, -0.15) is 13.2 Å². The molecule has 4 rings (SSSR count). The number of alkyl halides is 3. The summed E-state index contributed by atoms with van der Waals surface area (Å²) in [5.74, 6) is -1.36. The number of aryl methyl sites for hydroxylation is 1. The zero-order valence-electron chi connectivity index (χ0n) is 16.6. The second-order valence-electron chi connectivity index (χ2n) is 7.17. The number of aromatic nitrogens is 3. The van der Waals surface area contributed by atoms with E-state index in [9.17, 15) is 21.6 Å². The smallest absolute Gasteiger partial charge is 0.383 e. The molecular formula is C21H16F4N4O2S. The summed E-state index contributed by atoms with van der Waals surface area (Å²) < 4.78 is 80.8. The Labute approximate surface area is 180 Å². The Morgan fingerprint density at radius 2 is 1.72 bits per heavy atom. The lowest BCUT2D eigenvalue weighted by Gasteiger charge is -2.11. The first-order valence-corrected chi connectivity index (χ1v) is 10.9. The summed E-state index contributed by atoms with van der Waals surface area (Å²) in [5.41, 5.74) is 5.84. The van der Waals surface area contributed by atoms with Crippen LogP contribution in [0.2, 0.25) is 0 Å². The molecular weight excluding hydrogens is 448 g/mol. The first kappa shape index (κ1) is 21.8. The normalized spacial score (nSPS) is 12.4. The predicted octanol–water partition coefficient (Wildman–Crippen LogP) is 4.35. The molecule has 0 aliphatic carbocycles. The molecule has 0 radical (unpaired) electrons. The van der Waals surface area contributed by atoms with E-state index in [0.717, 1.165) is 12.1 Å².